The molecular formula is C22H20N8O2. The number of fused-ring (bicyclic) bond motifs is 1. The highest BCUT2D eigenvalue weighted by Gasteiger charge is 2.31. The van der Waals surface area contributed by atoms with E-state index in [1.807, 2.05) is 16.5 Å². The van der Waals surface area contributed by atoms with Crippen molar-refractivity contribution in [2.45, 2.75) is 18.9 Å². The molecule has 1 atom stereocenters. The quantitative estimate of drug-likeness (QED) is 0.466. The number of hydrogen-bond acceptors (Lipinski definition) is 7. The maximum Gasteiger partial charge on any atom is 0.256 e. The molecule has 4 heterocycles. The van der Waals surface area contributed by atoms with Crippen molar-refractivity contribution < 1.29 is 4.79 Å². The van der Waals surface area contributed by atoms with E-state index in [1.54, 1.807) is 48.9 Å². The van der Waals surface area contributed by atoms with Crippen LogP contribution in [0.1, 0.15) is 35.1 Å². The molecule has 0 bridgehead atoms. The number of anilines is 2. The molecule has 10 heteroatoms. The number of hydrogen-bond donors (Lipinski definition) is 2. The molecule has 1 aliphatic heterocycles. The van der Waals surface area contributed by atoms with Gasteiger partial charge in [-0.2, -0.15) is 0 Å². The summed E-state index contributed by atoms with van der Waals surface area (Å²) in [7, 11) is 0. The number of amides is 1. The molecule has 1 saturated heterocycles. The first-order chi connectivity index (χ1) is 15.7. The minimum atomic E-state index is -0.259. The lowest BCUT2D eigenvalue weighted by Gasteiger charge is -2.16. The Bertz CT molecular complexity index is 1290. The summed E-state index contributed by atoms with van der Waals surface area (Å²) in [6.07, 6.45) is 6.65. The topological polar surface area (TPSA) is 131 Å². The van der Waals surface area contributed by atoms with Crippen LogP contribution in [0, 0.1) is 4.91 Å². The lowest BCUT2D eigenvalue weighted by molar-refractivity contribution is 0.102. The molecule has 0 saturated carbocycles. The third-order valence-corrected chi connectivity index (χ3v) is 5.56. The summed E-state index contributed by atoms with van der Waals surface area (Å²) in [6, 6.07) is 12.2. The zero-order valence-electron chi connectivity index (χ0n) is 17.0. The van der Waals surface area contributed by atoms with E-state index in [4.69, 9.17) is 10.7 Å². The second kappa shape index (κ2) is 8.06. The molecule has 3 N–H and O–H groups in total. The van der Waals surface area contributed by atoms with E-state index in [0.717, 1.165) is 18.4 Å². The van der Waals surface area contributed by atoms with Crippen molar-refractivity contribution >= 4 is 23.1 Å². The molecule has 0 unspecified atom stereocenters. The van der Waals surface area contributed by atoms with Gasteiger partial charge in [0.25, 0.3) is 5.91 Å². The number of nitrogen functional groups attached to an aromatic ring is 1. The first-order valence-corrected chi connectivity index (χ1v) is 10.2. The van der Waals surface area contributed by atoms with Crippen LogP contribution in [0.25, 0.3) is 16.8 Å². The Hall–Kier alpha value is -4.34. The molecule has 1 aromatic carbocycles. The monoisotopic (exact) mass is 428 g/mol. The van der Waals surface area contributed by atoms with Gasteiger partial charge in [0.1, 0.15) is 34.7 Å². The molecule has 0 radical (unpaired) electrons. The maximum absolute atomic E-state index is 12.5. The molecule has 4 aromatic rings. The predicted molar refractivity (Wildman–Crippen MR) is 120 cm³/mol. The molecule has 32 heavy (non-hydrogen) atoms. The average Bonchev–Trinajstić information content (AvgIpc) is 3.45. The summed E-state index contributed by atoms with van der Waals surface area (Å²) in [4.78, 5) is 36.9. The van der Waals surface area contributed by atoms with Crippen molar-refractivity contribution in [3.05, 3.63) is 77.4 Å². The van der Waals surface area contributed by atoms with Gasteiger partial charge in [0.2, 0.25) is 0 Å². The van der Waals surface area contributed by atoms with Crippen LogP contribution >= 0.6 is 0 Å². The number of nitrogens with two attached hydrogens (primary N) is 1. The molecule has 0 spiro atoms. The minimum Gasteiger partial charge on any atom is -0.382 e. The first kappa shape index (κ1) is 19.6. The highest BCUT2D eigenvalue weighted by molar-refractivity contribution is 6.04. The largest absolute Gasteiger partial charge is 0.382 e. The van der Waals surface area contributed by atoms with E-state index in [9.17, 15) is 9.70 Å². The smallest absolute Gasteiger partial charge is 0.256 e. The molecule has 5 rings (SSSR count). The van der Waals surface area contributed by atoms with E-state index < -0.39 is 0 Å². The number of pyridine rings is 1. The zero-order chi connectivity index (χ0) is 22.1. The van der Waals surface area contributed by atoms with Crippen molar-refractivity contribution in [1.82, 2.24) is 24.4 Å². The fourth-order valence-electron chi connectivity index (χ4n) is 4.04. The van der Waals surface area contributed by atoms with Crippen LogP contribution < -0.4 is 11.1 Å². The van der Waals surface area contributed by atoms with Crippen LogP contribution in [-0.4, -0.2) is 36.8 Å². The van der Waals surface area contributed by atoms with Crippen LogP contribution in [0.4, 0.5) is 11.6 Å². The van der Waals surface area contributed by atoms with Gasteiger partial charge in [-0.3, -0.25) is 14.2 Å². The van der Waals surface area contributed by atoms with Crippen molar-refractivity contribution in [2.24, 2.45) is 5.29 Å². The number of carbonyl (C=O) groups excluding carboxylic acids is 1. The summed E-state index contributed by atoms with van der Waals surface area (Å²) in [5, 5.41) is 7.43. The third kappa shape index (κ3) is 3.41. The van der Waals surface area contributed by atoms with Gasteiger partial charge in [0, 0.05) is 36.3 Å². The lowest BCUT2D eigenvalue weighted by atomic mass is 10.1. The minimum absolute atomic E-state index is 0.223. The van der Waals surface area contributed by atoms with Crippen LogP contribution in [0.3, 0.4) is 0 Å². The van der Waals surface area contributed by atoms with E-state index in [1.165, 1.54) is 5.01 Å². The van der Waals surface area contributed by atoms with Crippen LogP contribution in [0.15, 0.2) is 66.3 Å². The number of nitrogens with one attached hydrogen (secondary N) is 1. The molecule has 10 nitrogen and oxygen atoms in total. The Morgan fingerprint density at radius 1 is 1.12 bits per heavy atom. The summed E-state index contributed by atoms with van der Waals surface area (Å²) in [5.41, 5.74) is 8.76. The standard InChI is InChI=1S/C22H20N8O2/c23-20-19-18(27-21(29(19)13-11-25-20)16-4-3-12-30(16)28-32)14-6-8-15(9-7-14)22(31)26-17-5-1-2-10-24-17/h1-2,5-11,13,16H,3-4,12H2,(H2,23,25)(H,24,26,31)/t16-/m0/s1. The van der Waals surface area contributed by atoms with Crippen molar-refractivity contribution in [1.29, 1.82) is 0 Å². The number of benzene rings is 1. The van der Waals surface area contributed by atoms with E-state index in [0.29, 0.717) is 40.8 Å². The van der Waals surface area contributed by atoms with Gasteiger partial charge in [-0.05, 0) is 37.1 Å². The Balaban J connectivity index is 1.51. The van der Waals surface area contributed by atoms with Gasteiger partial charge in [0.15, 0.2) is 0 Å². The van der Waals surface area contributed by atoms with Crippen LogP contribution in [0.5, 0.6) is 0 Å². The van der Waals surface area contributed by atoms with Gasteiger partial charge in [-0.1, -0.05) is 18.2 Å². The number of nitroso groups, excluding NO2 is 1. The van der Waals surface area contributed by atoms with Gasteiger partial charge >= 0.3 is 0 Å². The Morgan fingerprint density at radius 2 is 1.97 bits per heavy atom. The van der Waals surface area contributed by atoms with Crippen molar-refractivity contribution in [3.63, 3.8) is 0 Å². The number of nitrogens with zero attached hydrogens (tertiary/aromatic N) is 6. The van der Waals surface area contributed by atoms with Gasteiger partial charge in [0.05, 0.1) is 5.29 Å². The summed E-state index contributed by atoms with van der Waals surface area (Å²) < 4.78 is 1.87. The maximum atomic E-state index is 12.5. The van der Waals surface area contributed by atoms with Gasteiger partial charge in [-0.25, -0.2) is 15.0 Å². The molecule has 1 amide bonds. The van der Waals surface area contributed by atoms with E-state index in [-0.39, 0.29) is 11.9 Å². The van der Waals surface area contributed by atoms with Gasteiger partial charge in [-0.15, -0.1) is 4.91 Å². The zero-order valence-corrected chi connectivity index (χ0v) is 17.0. The number of rotatable bonds is 5. The predicted octanol–water partition coefficient (Wildman–Crippen LogP) is 3.44. The molecule has 0 aliphatic carbocycles. The Kier molecular flexibility index (Phi) is 4.94. The highest BCUT2D eigenvalue weighted by atomic mass is 16.3. The number of aromatic nitrogens is 4. The molecule has 1 fully saturated rings. The van der Waals surface area contributed by atoms with Crippen molar-refractivity contribution in [3.8, 4) is 11.3 Å². The lowest BCUT2D eigenvalue weighted by Crippen LogP contribution is -2.18. The Morgan fingerprint density at radius 3 is 2.72 bits per heavy atom. The summed E-state index contributed by atoms with van der Waals surface area (Å²) >= 11 is 0. The number of imidazole rings is 1. The molecule has 160 valence electrons. The summed E-state index contributed by atoms with van der Waals surface area (Å²) in [5.74, 6) is 1.25. The SMILES string of the molecule is Nc1nccn2c([C@@H]3CCCN3N=O)nc(-c3ccc(C(=O)Nc4ccccn4)cc3)c12. The Labute approximate surface area is 183 Å². The second-order valence-corrected chi connectivity index (χ2v) is 7.50. The first-order valence-electron chi connectivity index (χ1n) is 10.2. The van der Waals surface area contributed by atoms with Gasteiger partial charge < -0.3 is 11.1 Å². The third-order valence-electron chi connectivity index (χ3n) is 5.56. The summed E-state index contributed by atoms with van der Waals surface area (Å²) in [6.45, 7) is 0.596. The van der Waals surface area contributed by atoms with E-state index in [2.05, 4.69) is 20.6 Å². The molecular weight excluding hydrogens is 408 g/mol. The fraction of sp³-hybridized carbons (Fsp3) is 0.182. The fourth-order valence-corrected chi connectivity index (χ4v) is 4.04. The van der Waals surface area contributed by atoms with Crippen LogP contribution in [0.2, 0.25) is 0 Å². The highest BCUT2D eigenvalue weighted by Crippen LogP contribution is 2.36. The number of carbonyl (C=O) groups is 1. The molecule has 3 aromatic heterocycles. The normalized spacial score (nSPS) is 15.8. The second-order valence-electron chi connectivity index (χ2n) is 7.50. The average molecular weight is 428 g/mol. The van der Waals surface area contributed by atoms with Crippen LogP contribution in [-0.2, 0) is 0 Å². The van der Waals surface area contributed by atoms with Crippen molar-refractivity contribution in [2.75, 3.05) is 17.6 Å². The van der Waals surface area contributed by atoms with E-state index >= 15 is 0 Å². The molecule has 1 aliphatic rings.